The van der Waals surface area contributed by atoms with Gasteiger partial charge < -0.3 is 20.9 Å². The number of carboxylic acids is 1. The fourth-order valence-electron chi connectivity index (χ4n) is 1.64. The highest BCUT2D eigenvalue weighted by Gasteiger charge is 2.01. The topological polar surface area (TPSA) is 102 Å². The van der Waals surface area contributed by atoms with Crippen molar-refractivity contribution in [3.8, 4) is 0 Å². The highest BCUT2D eigenvalue weighted by atomic mass is 16.5. The Morgan fingerprint density at radius 1 is 1.15 bits per heavy atom. The average molecular weight is 280 g/mol. The molecule has 0 unspecified atom stereocenters. The molecule has 1 aromatic rings. The average Bonchev–Trinajstić information content (AvgIpc) is 2.42. The molecule has 0 aromatic heterocycles. The molecule has 0 aliphatic rings. The fraction of sp³-hybridized carbons (Fsp3) is 0.429. The zero-order chi connectivity index (χ0) is 14.8. The minimum Gasteiger partial charge on any atom is -0.478 e. The molecule has 0 aliphatic heterocycles. The number of aromatic carboxylic acids is 1. The maximum absolute atomic E-state index is 10.7. The van der Waals surface area contributed by atoms with Crippen LogP contribution in [0.1, 0.15) is 29.6 Å². The van der Waals surface area contributed by atoms with Crippen molar-refractivity contribution in [3.63, 3.8) is 0 Å². The third-order valence-electron chi connectivity index (χ3n) is 2.67. The summed E-state index contributed by atoms with van der Waals surface area (Å²) in [4.78, 5) is 21.1. The van der Waals surface area contributed by atoms with E-state index in [-0.39, 0.29) is 12.2 Å². The number of amides is 1. The highest BCUT2D eigenvalue weighted by molar-refractivity contribution is 5.87. The number of benzene rings is 1. The van der Waals surface area contributed by atoms with Crippen molar-refractivity contribution < 1.29 is 19.4 Å². The van der Waals surface area contributed by atoms with E-state index in [1.54, 1.807) is 24.3 Å². The van der Waals surface area contributed by atoms with E-state index in [1.165, 1.54) is 0 Å². The summed E-state index contributed by atoms with van der Waals surface area (Å²) >= 11 is 0. The molecule has 0 bridgehead atoms. The molecule has 0 aliphatic carbocycles. The Morgan fingerprint density at radius 2 is 1.85 bits per heavy atom. The van der Waals surface area contributed by atoms with Crippen molar-refractivity contribution >= 4 is 17.6 Å². The van der Waals surface area contributed by atoms with Crippen LogP contribution in [0.4, 0.5) is 5.69 Å². The van der Waals surface area contributed by atoms with Crippen LogP contribution in [0.15, 0.2) is 24.3 Å². The number of carbonyl (C=O) groups is 2. The van der Waals surface area contributed by atoms with Gasteiger partial charge in [0.1, 0.15) is 6.61 Å². The zero-order valence-corrected chi connectivity index (χ0v) is 11.3. The maximum atomic E-state index is 10.7. The Kier molecular flexibility index (Phi) is 7.13. The summed E-state index contributed by atoms with van der Waals surface area (Å²) in [6, 6.07) is 6.64. The summed E-state index contributed by atoms with van der Waals surface area (Å²) in [6.07, 6.45) is 2.84. The summed E-state index contributed by atoms with van der Waals surface area (Å²) in [6.45, 7) is 1.33. The van der Waals surface area contributed by atoms with Gasteiger partial charge in [-0.15, -0.1) is 0 Å². The standard InChI is InChI=1S/C14H20N2O4/c15-13(17)10-20-9-3-1-2-8-16-12-6-4-11(5-7-12)14(18)19/h4-7,16H,1-3,8-10H2,(H2,15,17)(H,18,19). The molecule has 1 rings (SSSR count). The van der Waals surface area contributed by atoms with Crippen molar-refractivity contribution in [3.05, 3.63) is 29.8 Å². The Balaban J connectivity index is 2.06. The lowest BCUT2D eigenvalue weighted by Crippen LogP contribution is -2.18. The minimum absolute atomic E-state index is 0.0197. The van der Waals surface area contributed by atoms with Gasteiger partial charge in [0.25, 0.3) is 0 Å². The molecule has 20 heavy (non-hydrogen) atoms. The van der Waals surface area contributed by atoms with Crippen LogP contribution < -0.4 is 11.1 Å². The number of unbranched alkanes of at least 4 members (excludes halogenated alkanes) is 2. The summed E-state index contributed by atoms with van der Waals surface area (Å²) in [7, 11) is 0. The van der Waals surface area contributed by atoms with Crippen molar-refractivity contribution in [2.24, 2.45) is 5.73 Å². The van der Waals surface area contributed by atoms with Gasteiger partial charge in [-0.3, -0.25) is 4.79 Å². The SMILES string of the molecule is NC(=O)COCCCCCNc1ccc(C(=O)O)cc1. The Labute approximate surface area is 117 Å². The number of hydrogen-bond donors (Lipinski definition) is 3. The summed E-state index contributed by atoms with van der Waals surface area (Å²) in [5, 5.41) is 12.0. The molecule has 1 amide bonds. The van der Waals surface area contributed by atoms with Gasteiger partial charge >= 0.3 is 5.97 Å². The van der Waals surface area contributed by atoms with Crippen molar-refractivity contribution in [2.45, 2.75) is 19.3 Å². The molecular weight excluding hydrogens is 260 g/mol. The zero-order valence-electron chi connectivity index (χ0n) is 11.3. The monoisotopic (exact) mass is 280 g/mol. The van der Waals surface area contributed by atoms with Crippen LogP contribution in [0, 0.1) is 0 Å². The third-order valence-corrected chi connectivity index (χ3v) is 2.67. The van der Waals surface area contributed by atoms with Crippen LogP contribution in [0.25, 0.3) is 0 Å². The maximum Gasteiger partial charge on any atom is 0.335 e. The van der Waals surface area contributed by atoms with E-state index < -0.39 is 11.9 Å². The first kappa shape index (κ1) is 16.0. The van der Waals surface area contributed by atoms with Crippen LogP contribution >= 0.6 is 0 Å². The van der Waals surface area contributed by atoms with Crippen molar-refractivity contribution in [1.29, 1.82) is 0 Å². The van der Waals surface area contributed by atoms with Gasteiger partial charge in [-0.2, -0.15) is 0 Å². The number of carbonyl (C=O) groups excluding carboxylic acids is 1. The molecule has 110 valence electrons. The van der Waals surface area contributed by atoms with Crippen molar-refractivity contribution in [2.75, 3.05) is 25.1 Å². The Morgan fingerprint density at radius 3 is 2.45 bits per heavy atom. The molecule has 4 N–H and O–H groups in total. The number of rotatable bonds is 10. The quantitative estimate of drug-likeness (QED) is 0.563. The molecule has 0 heterocycles. The summed E-state index contributed by atoms with van der Waals surface area (Å²) in [5.41, 5.74) is 6.12. The first-order valence-corrected chi connectivity index (χ1v) is 6.53. The molecule has 0 saturated carbocycles. The van der Waals surface area contributed by atoms with E-state index in [2.05, 4.69) is 5.32 Å². The second kappa shape index (κ2) is 8.92. The summed E-state index contributed by atoms with van der Waals surface area (Å²) < 4.78 is 5.04. The molecular formula is C14H20N2O4. The molecule has 6 heteroatoms. The second-order valence-corrected chi connectivity index (χ2v) is 4.39. The molecule has 0 fully saturated rings. The molecule has 0 radical (unpaired) electrons. The highest BCUT2D eigenvalue weighted by Crippen LogP contribution is 2.09. The number of hydrogen-bond acceptors (Lipinski definition) is 4. The molecule has 6 nitrogen and oxygen atoms in total. The first-order chi connectivity index (χ1) is 9.59. The van der Waals surface area contributed by atoms with E-state index in [1.807, 2.05) is 0 Å². The largest absolute Gasteiger partial charge is 0.478 e. The normalized spacial score (nSPS) is 10.2. The van der Waals surface area contributed by atoms with E-state index in [0.717, 1.165) is 31.5 Å². The minimum atomic E-state index is -0.924. The van der Waals surface area contributed by atoms with Crippen LogP contribution in [-0.2, 0) is 9.53 Å². The van der Waals surface area contributed by atoms with Gasteiger partial charge in [0.05, 0.1) is 5.56 Å². The fourth-order valence-corrected chi connectivity index (χ4v) is 1.64. The Bertz CT molecular complexity index is 431. The smallest absolute Gasteiger partial charge is 0.335 e. The van der Waals surface area contributed by atoms with Gasteiger partial charge in [-0.1, -0.05) is 0 Å². The van der Waals surface area contributed by atoms with E-state index in [9.17, 15) is 9.59 Å². The lowest BCUT2D eigenvalue weighted by molar-refractivity contribution is -0.122. The van der Waals surface area contributed by atoms with Crippen LogP contribution in [0.3, 0.4) is 0 Å². The summed E-state index contributed by atoms with van der Waals surface area (Å²) in [5.74, 6) is -1.37. The number of primary amides is 1. The van der Waals surface area contributed by atoms with Crippen molar-refractivity contribution in [1.82, 2.24) is 0 Å². The van der Waals surface area contributed by atoms with Gasteiger partial charge in [-0.05, 0) is 43.5 Å². The van der Waals surface area contributed by atoms with Crippen LogP contribution in [0.5, 0.6) is 0 Å². The number of ether oxygens (including phenoxy) is 1. The molecule has 1 aromatic carbocycles. The number of carboxylic acid groups (broad SMARTS) is 1. The van der Waals surface area contributed by atoms with Gasteiger partial charge in [0, 0.05) is 18.8 Å². The predicted octanol–water partition coefficient (Wildman–Crippen LogP) is 1.47. The predicted molar refractivity (Wildman–Crippen MR) is 75.8 cm³/mol. The van der Waals surface area contributed by atoms with Gasteiger partial charge in [0.2, 0.25) is 5.91 Å². The van der Waals surface area contributed by atoms with E-state index in [4.69, 9.17) is 15.6 Å². The number of nitrogens with one attached hydrogen (secondary N) is 1. The number of anilines is 1. The van der Waals surface area contributed by atoms with Gasteiger partial charge in [-0.25, -0.2) is 4.79 Å². The van der Waals surface area contributed by atoms with Gasteiger partial charge in [0.15, 0.2) is 0 Å². The molecule has 0 spiro atoms. The number of nitrogens with two attached hydrogens (primary N) is 1. The third kappa shape index (κ3) is 6.75. The molecule has 0 atom stereocenters. The van der Waals surface area contributed by atoms with E-state index in [0.29, 0.717) is 6.61 Å². The Hall–Kier alpha value is -2.08. The van der Waals surface area contributed by atoms with Crippen LogP contribution in [0.2, 0.25) is 0 Å². The molecule has 0 saturated heterocycles. The lowest BCUT2D eigenvalue weighted by atomic mass is 10.2. The lowest BCUT2D eigenvalue weighted by Gasteiger charge is -2.06. The second-order valence-electron chi connectivity index (χ2n) is 4.39. The first-order valence-electron chi connectivity index (χ1n) is 6.53. The van der Waals surface area contributed by atoms with Crippen LogP contribution in [-0.4, -0.2) is 36.7 Å². The van der Waals surface area contributed by atoms with E-state index >= 15 is 0 Å².